The van der Waals surface area contributed by atoms with E-state index in [1.54, 1.807) is 6.20 Å². The van der Waals surface area contributed by atoms with E-state index in [0.717, 1.165) is 5.03 Å². The molecule has 3 heterocycles. The third kappa shape index (κ3) is 2.09. The first kappa shape index (κ1) is 13.5. The van der Waals surface area contributed by atoms with E-state index in [0.29, 0.717) is 17.1 Å². The Morgan fingerprint density at radius 2 is 2.50 bits per heavy atom. The molecule has 2 aliphatic rings. The van der Waals surface area contributed by atoms with Crippen molar-refractivity contribution in [1.82, 2.24) is 20.3 Å². The van der Waals surface area contributed by atoms with E-state index in [2.05, 4.69) is 15.4 Å². The predicted octanol–water partition coefficient (Wildman–Crippen LogP) is -0.522. The van der Waals surface area contributed by atoms with Crippen LogP contribution < -0.4 is 5.73 Å². The lowest BCUT2D eigenvalue weighted by Gasteiger charge is -2.48. The lowest BCUT2D eigenvalue weighted by Crippen LogP contribution is -2.68. The van der Waals surface area contributed by atoms with E-state index in [1.807, 2.05) is 0 Å². The van der Waals surface area contributed by atoms with Gasteiger partial charge in [-0.15, -0.1) is 28.6 Å². The van der Waals surface area contributed by atoms with Gasteiger partial charge in [0, 0.05) is 11.5 Å². The largest absolute Gasteiger partial charge is 0.477 e. The normalized spacial score (nSPS) is 25.4. The van der Waals surface area contributed by atoms with E-state index in [9.17, 15) is 14.7 Å². The van der Waals surface area contributed by atoms with Gasteiger partial charge in [-0.25, -0.2) is 4.79 Å². The number of β-lactam (4-membered cyclic amide) rings is 1. The van der Waals surface area contributed by atoms with Crippen LogP contribution in [0.1, 0.15) is 0 Å². The molecule has 0 spiro atoms. The Labute approximate surface area is 122 Å². The lowest BCUT2D eigenvalue weighted by molar-refractivity contribution is -0.147. The van der Waals surface area contributed by atoms with Crippen LogP contribution in [0.4, 0.5) is 0 Å². The summed E-state index contributed by atoms with van der Waals surface area (Å²) in [7, 11) is 0. The van der Waals surface area contributed by atoms with Crippen molar-refractivity contribution in [1.29, 1.82) is 0 Å². The van der Waals surface area contributed by atoms with Gasteiger partial charge in [-0.1, -0.05) is 5.21 Å². The molecule has 4 N–H and O–H groups in total. The van der Waals surface area contributed by atoms with Crippen LogP contribution in [0.2, 0.25) is 0 Å². The van der Waals surface area contributed by atoms with Crippen molar-refractivity contribution in [3.05, 3.63) is 17.5 Å². The smallest absolute Gasteiger partial charge is 0.352 e. The van der Waals surface area contributed by atoms with Crippen LogP contribution in [0, 0.1) is 0 Å². The Bertz CT molecular complexity index is 588. The highest BCUT2D eigenvalue weighted by Gasteiger charge is 2.51. The topological polar surface area (TPSA) is 125 Å². The lowest BCUT2D eigenvalue weighted by atomic mass is 10.0. The summed E-state index contributed by atoms with van der Waals surface area (Å²) in [4.78, 5) is 24.5. The first-order valence-corrected chi connectivity index (χ1v) is 7.77. The Morgan fingerprint density at radius 3 is 3.15 bits per heavy atom. The molecule has 2 aliphatic heterocycles. The zero-order chi connectivity index (χ0) is 14.3. The maximum absolute atomic E-state index is 11.7. The zero-order valence-electron chi connectivity index (χ0n) is 10.1. The highest BCUT2D eigenvalue weighted by atomic mass is 32.2. The number of fused-ring (bicyclic) bond motifs is 1. The molecule has 3 rings (SSSR count). The van der Waals surface area contributed by atoms with E-state index in [4.69, 9.17) is 5.73 Å². The van der Waals surface area contributed by atoms with E-state index in [1.165, 1.54) is 28.4 Å². The number of hydrogen-bond donors (Lipinski definition) is 3. The number of thioether (sulfide) groups is 2. The predicted molar refractivity (Wildman–Crippen MR) is 72.8 cm³/mol. The van der Waals surface area contributed by atoms with E-state index < -0.39 is 12.0 Å². The number of carbonyl (C=O) groups excluding carboxylic acids is 1. The van der Waals surface area contributed by atoms with Crippen molar-refractivity contribution in [2.75, 3.05) is 11.5 Å². The number of aromatic amines is 1. The van der Waals surface area contributed by atoms with Crippen LogP contribution in [0.3, 0.4) is 0 Å². The van der Waals surface area contributed by atoms with Crippen LogP contribution in [-0.4, -0.2) is 60.2 Å². The van der Waals surface area contributed by atoms with Crippen molar-refractivity contribution in [2.24, 2.45) is 5.73 Å². The number of amides is 1. The van der Waals surface area contributed by atoms with Crippen LogP contribution in [-0.2, 0) is 9.59 Å². The zero-order valence-corrected chi connectivity index (χ0v) is 11.8. The van der Waals surface area contributed by atoms with Crippen LogP contribution in [0.25, 0.3) is 0 Å². The number of aliphatic carboxylic acids is 1. The molecule has 1 saturated heterocycles. The number of nitrogens with two attached hydrogens (primary N) is 1. The minimum atomic E-state index is -1.09. The molecule has 1 unspecified atom stereocenters. The number of carboxylic acid groups (broad SMARTS) is 1. The molecule has 106 valence electrons. The summed E-state index contributed by atoms with van der Waals surface area (Å²) in [6.45, 7) is 0. The molecule has 8 nitrogen and oxygen atoms in total. The standard InChI is InChI=1S/C10H11N5O3S2/c11-6-8(16)15-7(10(17)18)4(3-20-9(6)15)2-19-5-1-12-14-13-5/h1,6,9H,2-3,11H2,(H,17,18)(H,12,13,14)/t6?,9-/m0/s1. The maximum Gasteiger partial charge on any atom is 0.352 e. The molecule has 0 aliphatic carbocycles. The molecule has 0 aromatic carbocycles. The highest BCUT2D eigenvalue weighted by molar-refractivity contribution is 8.01. The number of aromatic nitrogens is 3. The van der Waals surface area contributed by atoms with Crippen molar-refractivity contribution in [3.63, 3.8) is 0 Å². The van der Waals surface area contributed by atoms with Crippen molar-refractivity contribution >= 4 is 35.4 Å². The van der Waals surface area contributed by atoms with Crippen LogP contribution in [0.5, 0.6) is 0 Å². The van der Waals surface area contributed by atoms with Crippen LogP contribution in [0.15, 0.2) is 22.5 Å². The number of H-pyrrole nitrogens is 1. The summed E-state index contributed by atoms with van der Waals surface area (Å²) in [6, 6.07) is -0.597. The second-order valence-electron chi connectivity index (χ2n) is 4.30. The summed E-state index contributed by atoms with van der Waals surface area (Å²) in [5, 5.41) is 19.8. The first-order chi connectivity index (χ1) is 9.59. The van der Waals surface area contributed by atoms with Crippen molar-refractivity contribution in [3.8, 4) is 0 Å². The number of nitrogens with one attached hydrogen (secondary N) is 1. The highest BCUT2D eigenvalue weighted by Crippen LogP contribution is 2.40. The molecular formula is C10H11N5O3S2. The molecule has 1 aromatic heterocycles. The first-order valence-electron chi connectivity index (χ1n) is 5.74. The Morgan fingerprint density at radius 1 is 1.70 bits per heavy atom. The molecule has 0 radical (unpaired) electrons. The minimum Gasteiger partial charge on any atom is -0.477 e. The summed E-state index contributed by atoms with van der Waals surface area (Å²) >= 11 is 2.90. The molecular weight excluding hydrogens is 302 g/mol. The molecule has 10 heteroatoms. The minimum absolute atomic E-state index is 0.0698. The van der Waals surface area contributed by atoms with Gasteiger partial charge in [0.25, 0.3) is 0 Å². The third-order valence-corrected chi connectivity index (χ3v) is 5.45. The number of rotatable bonds is 4. The quantitative estimate of drug-likeness (QED) is 0.501. The molecule has 0 bridgehead atoms. The van der Waals surface area contributed by atoms with Gasteiger partial charge in [0.05, 0.1) is 6.20 Å². The summed E-state index contributed by atoms with van der Waals surface area (Å²) in [5.41, 5.74) is 6.46. The fourth-order valence-electron chi connectivity index (χ4n) is 2.11. The fourth-order valence-corrected chi connectivity index (χ4v) is 4.33. The molecule has 1 aromatic rings. The van der Waals surface area contributed by atoms with Gasteiger partial charge in [0.1, 0.15) is 22.1 Å². The van der Waals surface area contributed by atoms with Gasteiger partial charge < -0.3 is 10.8 Å². The average Bonchev–Trinajstić information content (AvgIpc) is 2.96. The second kappa shape index (κ2) is 5.11. The number of hydrogen-bond acceptors (Lipinski definition) is 7. The number of carboxylic acids is 1. The Kier molecular flexibility index (Phi) is 3.44. The van der Waals surface area contributed by atoms with E-state index in [-0.39, 0.29) is 17.0 Å². The number of carbonyl (C=O) groups is 2. The van der Waals surface area contributed by atoms with Gasteiger partial charge in [-0.3, -0.25) is 14.8 Å². The molecule has 0 saturated carbocycles. The average molecular weight is 313 g/mol. The fraction of sp³-hybridized carbons (Fsp3) is 0.400. The molecule has 1 amide bonds. The SMILES string of the molecule is NC1C(=O)N2C(C(=O)O)=C(CSc3cnn[nH]3)CS[C@@H]12. The van der Waals surface area contributed by atoms with Crippen molar-refractivity contribution < 1.29 is 14.7 Å². The molecule has 1 fully saturated rings. The van der Waals surface area contributed by atoms with Gasteiger partial charge >= 0.3 is 5.97 Å². The van der Waals surface area contributed by atoms with Crippen LogP contribution >= 0.6 is 23.5 Å². The molecule has 2 atom stereocenters. The van der Waals surface area contributed by atoms with Crippen molar-refractivity contribution in [2.45, 2.75) is 16.4 Å². The third-order valence-electron chi connectivity index (χ3n) is 3.09. The summed E-state index contributed by atoms with van der Waals surface area (Å²) in [6.07, 6.45) is 1.56. The van der Waals surface area contributed by atoms with E-state index >= 15 is 0 Å². The summed E-state index contributed by atoms with van der Waals surface area (Å²) < 4.78 is 0. The van der Waals surface area contributed by atoms with Gasteiger partial charge in [0.2, 0.25) is 5.91 Å². The molecule has 20 heavy (non-hydrogen) atoms. The number of nitrogens with zero attached hydrogens (tertiary/aromatic N) is 3. The maximum atomic E-state index is 11.7. The van der Waals surface area contributed by atoms with Gasteiger partial charge in [0.15, 0.2) is 0 Å². The Balaban J connectivity index is 1.82. The Hall–Kier alpha value is -1.52. The van der Waals surface area contributed by atoms with Gasteiger partial charge in [-0.05, 0) is 5.57 Å². The summed E-state index contributed by atoms with van der Waals surface area (Å²) in [5.74, 6) is -0.401. The van der Waals surface area contributed by atoms with Gasteiger partial charge in [-0.2, -0.15) is 0 Å². The monoisotopic (exact) mass is 313 g/mol. The second-order valence-corrected chi connectivity index (χ2v) is 6.42.